The van der Waals surface area contributed by atoms with Crippen LogP contribution >= 0.6 is 15.9 Å². The Morgan fingerprint density at radius 1 is 1.14 bits per heavy atom. The van der Waals surface area contributed by atoms with Crippen molar-refractivity contribution in [3.8, 4) is 5.75 Å². The first-order valence-electron chi connectivity index (χ1n) is 6.96. The van der Waals surface area contributed by atoms with E-state index in [1.54, 1.807) is 12.1 Å². The quantitative estimate of drug-likeness (QED) is 0.834. The van der Waals surface area contributed by atoms with E-state index in [1.807, 2.05) is 19.1 Å². The lowest BCUT2D eigenvalue weighted by Crippen LogP contribution is -2.15. The maximum absolute atomic E-state index is 13.1. The molecule has 1 unspecified atom stereocenters. The number of halogens is 2. The fraction of sp³-hybridized carbons (Fsp3) is 0.294. The summed E-state index contributed by atoms with van der Waals surface area (Å²) in [4.78, 5) is 0. The van der Waals surface area contributed by atoms with E-state index in [2.05, 4.69) is 28.1 Å². The van der Waals surface area contributed by atoms with Crippen LogP contribution in [0.3, 0.4) is 0 Å². The van der Waals surface area contributed by atoms with E-state index in [0.29, 0.717) is 11.1 Å². The number of benzene rings is 2. The molecule has 1 atom stereocenters. The lowest BCUT2D eigenvalue weighted by atomic mass is 10.1. The summed E-state index contributed by atoms with van der Waals surface area (Å²) in [7, 11) is 0. The fourth-order valence-electron chi connectivity index (χ4n) is 1.94. The summed E-state index contributed by atoms with van der Waals surface area (Å²) >= 11 is 3.17. The molecule has 0 radical (unpaired) electrons. The monoisotopic (exact) mass is 351 g/mol. The normalized spacial score (nSPS) is 12.2. The molecule has 0 fully saturated rings. The van der Waals surface area contributed by atoms with Gasteiger partial charge in [0.25, 0.3) is 0 Å². The van der Waals surface area contributed by atoms with Crippen LogP contribution in [0.5, 0.6) is 5.75 Å². The third kappa shape index (κ3) is 5.14. The Kier molecular flexibility index (Phi) is 5.76. The molecule has 0 amide bonds. The average molecular weight is 352 g/mol. The Labute approximate surface area is 133 Å². The van der Waals surface area contributed by atoms with Crippen LogP contribution in [0.25, 0.3) is 0 Å². The lowest BCUT2D eigenvalue weighted by Gasteiger charge is -2.09. The summed E-state index contributed by atoms with van der Waals surface area (Å²) in [6.07, 6.45) is 1.95. The van der Waals surface area contributed by atoms with Crippen LogP contribution in [0, 0.1) is 5.82 Å². The summed E-state index contributed by atoms with van der Waals surface area (Å²) in [5.74, 6) is 0.539. The predicted molar refractivity (Wildman–Crippen MR) is 86.8 cm³/mol. The van der Waals surface area contributed by atoms with Crippen molar-refractivity contribution < 1.29 is 9.13 Å². The Bertz CT molecular complexity index is 584. The van der Waals surface area contributed by atoms with E-state index in [0.717, 1.165) is 24.2 Å². The van der Waals surface area contributed by atoms with Crippen LogP contribution in [0.1, 0.15) is 24.5 Å². The molecule has 0 saturated carbocycles. The van der Waals surface area contributed by atoms with Gasteiger partial charge in [-0.15, -0.1) is 0 Å². The summed E-state index contributed by atoms with van der Waals surface area (Å²) < 4.78 is 19.3. The number of aryl methyl sites for hydroxylation is 1. The zero-order valence-corrected chi connectivity index (χ0v) is 13.6. The van der Waals surface area contributed by atoms with Gasteiger partial charge < -0.3 is 10.5 Å². The Balaban J connectivity index is 1.89. The van der Waals surface area contributed by atoms with Gasteiger partial charge in [-0.1, -0.05) is 18.2 Å². The highest BCUT2D eigenvalue weighted by Crippen LogP contribution is 2.19. The number of hydrogen-bond donors (Lipinski definition) is 1. The molecule has 112 valence electrons. The predicted octanol–water partition coefficient (Wildman–Crippen LogP) is 4.45. The largest absolute Gasteiger partial charge is 0.489 e. The minimum Gasteiger partial charge on any atom is -0.489 e. The van der Waals surface area contributed by atoms with Gasteiger partial charge in [0.05, 0.1) is 4.47 Å². The van der Waals surface area contributed by atoms with Gasteiger partial charge in [0, 0.05) is 6.04 Å². The Morgan fingerprint density at radius 3 is 2.43 bits per heavy atom. The number of ether oxygens (including phenoxy) is 1. The van der Waals surface area contributed by atoms with Crippen molar-refractivity contribution in [2.45, 2.75) is 32.4 Å². The molecule has 2 rings (SSSR count). The summed E-state index contributed by atoms with van der Waals surface area (Å²) in [5.41, 5.74) is 7.92. The maximum Gasteiger partial charge on any atom is 0.137 e. The number of rotatable bonds is 6. The highest BCUT2D eigenvalue weighted by atomic mass is 79.9. The molecule has 0 aliphatic heterocycles. The van der Waals surface area contributed by atoms with Gasteiger partial charge in [-0.05, 0) is 71.1 Å². The molecule has 4 heteroatoms. The first kappa shape index (κ1) is 16.0. The van der Waals surface area contributed by atoms with Crippen molar-refractivity contribution in [1.82, 2.24) is 0 Å². The van der Waals surface area contributed by atoms with Crippen molar-refractivity contribution in [2.75, 3.05) is 0 Å². The standard InChI is InChI=1S/C17H19BrFNO/c1-12(20)2-3-13-4-7-15(8-5-13)21-11-14-6-9-17(19)16(18)10-14/h4-10,12H,2-3,11,20H2,1H3. The van der Waals surface area contributed by atoms with Gasteiger partial charge >= 0.3 is 0 Å². The smallest absolute Gasteiger partial charge is 0.137 e. The minimum absolute atomic E-state index is 0.220. The van der Waals surface area contributed by atoms with Gasteiger partial charge in [-0.2, -0.15) is 0 Å². The molecular formula is C17H19BrFNO. The van der Waals surface area contributed by atoms with E-state index in [-0.39, 0.29) is 11.9 Å². The van der Waals surface area contributed by atoms with Crippen LogP contribution in [0.2, 0.25) is 0 Å². The van der Waals surface area contributed by atoms with Crippen molar-refractivity contribution in [1.29, 1.82) is 0 Å². The average Bonchev–Trinajstić information content (AvgIpc) is 2.47. The SMILES string of the molecule is CC(N)CCc1ccc(OCc2ccc(F)c(Br)c2)cc1. The topological polar surface area (TPSA) is 35.2 Å². The molecule has 0 aliphatic carbocycles. The molecule has 0 spiro atoms. The van der Waals surface area contributed by atoms with Crippen LogP contribution < -0.4 is 10.5 Å². The zero-order valence-electron chi connectivity index (χ0n) is 12.0. The van der Waals surface area contributed by atoms with E-state index < -0.39 is 0 Å². The molecule has 0 aliphatic rings. The molecule has 2 N–H and O–H groups in total. The van der Waals surface area contributed by atoms with Crippen molar-refractivity contribution in [3.05, 3.63) is 63.9 Å². The van der Waals surface area contributed by atoms with Gasteiger partial charge in [0.15, 0.2) is 0 Å². The van der Waals surface area contributed by atoms with Crippen LogP contribution in [0.4, 0.5) is 4.39 Å². The number of hydrogen-bond acceptors (Lipinski definition) is 2. The second kappa shape index (κ2) is 7.57. The first-order chi connectivity index (χ1) is 10.0. The van der Waals surface area contributed by atoms with Gasteiger partial charge in [-0.3, -0.25) is 0 Å². The Hall–Kier alpha value is -1.39. The van der Waals surface area contributed by atoms with E-state index >= 15 is 0 Å². The van der Waals surface area contributed by atoms with Crippen LogP contribution in [-0.4, -0.2) is 6.04 Å². The molecule has 0 heterocycles. The molecule has 0 bridgehead atoms. The Morgan fingerprint density at radius 2 is 1.81 bits per heavy atom. The highest BCUT2D eigenvalue weighted by Gasteiger charge is 2.02. The molecular weight excluding hydrogens is 333 g/mol. The number of nitrogens with two attached hydrogens (primary N) is 1. The second-order valence-electron chi connectivity index (χ2n) is 5.20. The van der Waals surface area contributed by atoms with Crippen molar-refractivity contribution >= 4 is 15.9 Å². The third-order valence-corrected chi connectivity index (χ3v) is 3.81. The van der Waals surface area contributed by atoms with Crippen molar-refractivity contribution in [2.24, 2.45) is 5.73 Å². The first-order valence-corrected chi connectivity index (χ1v) is 7.75. The summed E-state index contributed by atoms with van der Waals surface area (Å²) in [5, 5.41) is 0. The highest BCUT2D eigenvalue weighted by molar-refractivity contribution is 9.10. The summed E-state index contributed by atoms with van der Waals surface area (Å²) in [6, 6.07) is 13.1. The molecule has 2 aromatic carbocycles. The van der Waals surface area contributed by atoms with E-state index in [4.69, 9.17) is 10.5 Å². The van der Waals surface area contributed by atoms with Gasteiger partial charge in [0.1, 0.15) is 18.2 Å². The molecule has 2 aromatic rings. The van der Waals surface area contributed by atoms with Crippen molar-refractivity contribution in [3.63, 3.8) is 0 Å². The van der Waals surface area contributed by atoms with Gasteiger partial charge in [-0.25, -0.2) is 4.39 Å². The molecule has 2 nitrogen and oxygen atoms in total. The zero-order chi connectivity index (χ0) is 15.2. The maximum atomic E-state index is 13.1. The lowest BCUT2D eigenvalue weighted by molar-refractivity contribution is 0.306. The molecule has 21 heavy (non-hydrogen) atoms. The van der Waals surface area contributed by atoms with Gasteiger partial charge in [0.2, 0.25) is 0 Å². The van der Waals surface area contributed by atoms with E-state index in [9.17, 15) is 4.39 Å². The summed E-state index contributed by atoms with van der Waals surface area (Å²) in [6.45, 7) is 2.43. The molecule has 0 aromatic heterocycles. The molecule has 0 saturated heterocycles. The van der Waals surface area contributed by atoms with Crippen LogP contribution in [0.15, 0.2) is 46.9 Å². The third-order valence-electron chi connectivity index (χ3n) is 3.20. The van der Waals surface area contributed by atoms with Crippen LogP contribution in [-0.2, 0) is 13.0 Å². The van der Waals surface area contributed by atoms with E-state index in [1.165, 1.54) is 11.6 Å². The minimum atomic E-state index is -0.266. The fourth-order valence-corrected chi connectivity index (χ4v) is 2.37. The second-order valence-corrected chi connectivity index (χ2v) is 6.05.